The number of nitrogens with one attached hydrogen (secondary N) is 2. The van der Waals surface area contributed by atoms with Crippen LogP contribution in [0.4, 0.5) is 22.4 Å². The number of aromatic nitrogens is 5. The van der Waals surface area contributed by atoms with Gasteiger partial charge in [0.15, 0.2) is 5.82 Å². The molecular weight excluding hydrogens is 608 g/mol. The molecule has 1 aromatic carbocycles. The second-order valence-corrected chi connectivity index (χ2v) is 12.7. The SMILES string of the molecule is COc1ncc(-c2ccc(N(C(=O)NCc3ccccc3)C3CCC(Nc4ncc(C#N)c(N5CCC6(COC6)C5)n4)CC3)nc2)cn1. The number of methoxy groups -OCH3 is 1. The smallest absolute Gasteiger partial charge is 0.323 e. The van der Waals surface area contributed by atoms with Gasteiger partial charge in [-0.25, -0.2) is 24.7 Å². The lowest BCUT2D eigenvalue weighted by Gasteiger charge is -2.37. The molecule has 1 spiro atoms. The van der Waals surface area contributed by atoms with Gasteiger partial charge in [0.2, 0.25) is 5.95 Å². The molecular formula is C35H38N10O3. The Balaban J connectivity index is 1.04. The highest BCUT2D eigenvalue weighted by Crippen LogP contribution is 2.40. The number of anilines is 3. The molecule has 13 heteroatoms. The molecule has 5 heterocycles. The fourth-order valence-electron chi connectivity index (χ4n) is 6.75. The zero-order chi connectivity index (χ0) is 32.9. The van der Waals surface area contributed by atoms with E-state index >= 15 is 0 Å². The summed E-state index contributed by atoms with van der Waals surface area (Å²) in [6.45, 7) is 3.64. The van der Waals surface area contributed by atoms with Crippen molar-refractivity contribution < 1.29 is 14.3 Å². The molecule has 3 aliphatic rings. The maximum Gasteiger partial charge on any atom is 0.323 e. The molecule has 3 aromatic heterocycles. The fourth-order valence-corrected chi connectivity index (χ4v) is 6.75. The third-order valence-corrected chi connectivity index (χ3v) is 9.48. The number of carbonyl (C=O) groups excluding carboxylic acids is 1. The van der Waals surface area contributed by atoms with Crippen LogP contribution in [0.25, 0.3) is 11.1 Å². The van der Waals surface area contributed by atoms with Crippen molar-refractivity contribution in [1.29, 1.82) is 5.26 Å². The molecule has 1 aliphatic carbocycles. The van der Waals surface area contributed by atoms with Crippen LogP contribution in [-0.2, 0) is 11.3 Å². The number of benzene rings is 1. The Morgan fingerprint density at radius 2 is 1.79 bits per heavy atom. The van der Waals surface area contributed by atoms with Gasteiger partial charge < -0.3 is 25.0 Å². The lowest BCUT2D eigenvalue weighted by molar-refractivity contribution is -0.0985. The Morgan fingerprint density at radius 3 is 2.44 bits per heavy atom. The number of hydrogen-bond acceptors (Lipinski definition) is 11. The number of rotatable bonds is 9. The maximum absolute atomic E-state index is 13.8. The average molecular weight is 647 g/mol. The molecule has 1 saturated carbocycles. The average Bonchev–Trinajstić information content (AvgIpc) is 3.60. The van der Waals surface area contributed by atoms with Crippen LogP contribution in [0.15, 0.2) is 67.3 Å². The summed E-state index contributed by atoms with van der Waals surface area (Å²) < 4.78 is 10.6. The van der Waals surface area contributed by atoms with Gasteiger partial charge in [-0.15, -0.1) is 0 Å². The van der Waals surface area contributed by atoms with Gasteiger partial charge in [-0.3, -0.25) is 4.90 Å². The summed E-state index contributed by atoms with van der Waals surface area (Å²) in [4.78, 5) is 40.2. The molecule has 7 rings (SSSR count). The predicted octanol–water partition coefficient (Wildman–Crippen LogP) is 4.58. The van der Waals surface area contributed by atoms with Crippen LogP contribution in [0.3, 0.4) is 0 Å². The topological polar surface area (TPSA) is 154 Å². The van der Waals surface area contributed by atoms with Gasteiger partial charge in [-0.2, -0.15) is 10.2 Å². The van der Waals surface area contributed by atoms with Gasteiger partial charge in [0.1, 0.15) is 17.5 Å². The molecule has 0 unspecified atom stereocenters. The zero-order valence-electron chi connectivity index (χ0n) is 26.9. The van der Waals surface area contributed by atoms with Gasteiger partial charge in [0.25, 0.3) is 0 Å². The van der Waals surface area contributed by atoms with Crippen molar-refractivity contribution in [3.05, 3.63) is 78.4 Å². The molecule has 4 aromatic rings. The Kier molecular flexibility index (Phi) is 8.98. The summed E-state index contributed by atoms with van der Waals surface area (Å²) in [5.74, 6) is 1.79. The second kappa shape index (κ2) is 13.8. The summed E-state index contributed by atoms with van der Waals surface area (Å²) in [6.07, 6.45) is 10.9. The summed E-state index contributed by atoms with van der Waals surface area (Å²) in [5.41, 5.74) is 3.33. The van der Waals surface area contributed by atoms with Crippen molar-refractivity contribution in [3.63, 3.8) is 0 Å². The van der Waals surface area contributed by atoms with Gasteiger partial charge in [-0.1, -0.05) is 30.3 Å². The molecule has 0 bridgehead atoms. The largest absolute Gasteiger partial charge is 0.467 e. The van der Waals surface area contributed by atoms with Crippen LogP contribution in [0.2, 0.25) is 0 Å². The van der Waals surface area contributed by atoms with Crippen LogP contribution in [0.5, 0.6) is 6.01 Å². The summed E-state index contributed by atoms with van der Waals surface area (Å²) in [6, 6.07) is 16.1. The molecule has 3 fully saturated rings. The molecule has 246 valence electrons. The number of urea groups is 1. The second-order valence-electron chi connectivity index (χ2n) is 12.7. The van der Waals surface area contributed by atoms with Crippen molar-refractivity contribution in [2.24, 2.45) is 5.41 Å². The van der Waals surface area contributed by atoms with E-state index in [4.69, 9.17) is 19.4 Å². The van der Waals surface area contributed by atoms with Crippen LogP contribution in [-0.4, -0.2) is 76.4 Å². The van der Waals surface area contributed by atoms with E-state index in [9.17, 15) is 10.1 Å². The first kappa shape index (κ1) is 31.3. The molecule has 2 amide bonds. The third kappa shape index (κ3) is 6.70. The molecule has 2 saturated heterocycles. The standard InChI is InChI=1S/C35H38N10O3/c1-47-33-39-19-27(20-40-33)25-7-12-30(37-17-25)45(34(46)41-16-24-5-3-2-4-6-24)29-10-8-28(9-11-29)42-32-38-18-26(15-36)31(43-32)44-14-13-35(21-44)22-48-23-35/h2-7,12,17-20,28-29H,8-11,13-14,16,21-23H2,1H3,(H,41,46)(H,38,42,43). The zero-order valence-corrected chi connectivity index (χ0v) is 26.9. The lowest BCUT2D eigenvalue weighted by Crippen LogP contribution is -2.49. The summed E-state index contributed by atoms with van der Waals surface area (Å²) in [7, 11) is 1.53. The van der Waals surface area contributed by atoms with E-state index in [2.05, 4.69) is 36.6 Å². The van der Waals surface area contributed by atoms with Crippen LogP contribution < -0.4 is 25.2 Å². The normalized spacial score (nSPS) is 19.6. The maximum atomic E-state index is 13.8. The van der Waals surface area contributed by atoms with Crippen LogP contribution in [0, 0.1) is 16.7 Å². The fraction of sp³-hybridized carbons (Fsp3) is 0.400. The number of pyridine rings is 1. The first-order chi connectivity index (χ1) is 23.5. The van der Waals surface area contributed by atoms with E-state index in [0.717, 1.165) is 75.1 Å². The number of carbonyl (C=O) groups is 1. The Morgan fingerprint density at radius 1 is 1.02 bits per heavy atom. The monoisotopic (exact) mass is 646 g/mol. The predicted molar refractivity (Wildman–Crippen MR) is 179 cm³/mol. The van der Waals surface area contributed by atoms with Crippen molar-refractivity contribution in [2.45, 2.75) is 50.7 Å². The summed E-state index contributed by atoms with van der Waals surface area (Å²) >= 11 is 0. The van der Waals surface area contributed by atoms with Crippen molar-refractivity contribution in [1.82, 2.24) is 30.2 Å². The van der Waals surface area contributed by atoms with Crippen molar-refractivity contribution in [3.8, 4) is 23.2 Å². The van der Waals surface area contributed by atoms with Crippen LogP contribution in [0.1, 0.15) is 43.2 Å². The first-order valence-electron chi connectivity index (χ1n) is 16.3. The van der Waals surface area contributed by atoms with Gasteiger partial charge in [0, 0.05) is 66.9 Å². The Labute approximate surface area is 279 Å². The summed E-state index contributed by atoms with van der Waals surface area (Å²) in [5, 5.41) is 16.4. The van der Waals surface area contributed by atoms with Gasteiger partial charge in [-0.05, 0) is 49.8 Å². The van der Waals surface area contributed by atoms with Crippen molar-refractivity contribution >= 4 is 23.6 Å². The number of nitrogens with zero attached hydrogens (tertiary/aromatic N) is 8. The highest BCUT2D eigenvalue weighted by atomic mass is 16.5. The minimum Gasteiger partial charge on any atom is -0.467 e. The quantitative estimate of drug-likeness (QED) is 0.263. The highest BCUT2D eigenvalue weighted by Gasteiger charge is 2.45. The van der Waals surface area contributed by atoms with E-state index in [-0.39, 0.29) is 23.5 Å². The Hall–Kier alpha value is -5.35. The van der Waals surface area contributed by atoms with Gasteiger partial charge >= 0.3 is 12.0 Å². The molecule has 2 N–H and O–H groups in total. The van der Waals surface area contributed by atoms with Gasteiger partial charge in [0.05, 0.1) is 26.5 Å². The van der Waals surface area contributed by atoms with E-state index < -0.39 is 0 Å². The van der Waals surface area contributed by atoms with E-state index in [1.807, 2.05) is 42.5 Å². The third-order valence-electron chi connectivity index (χ3n) is 9.48. The number of ether oxygens (including phenoxy) is 2. The lowest BCUT2D eigenvalue weighted by atomic mass is 9.85. The van der Waals surface area contributed by atoms with E-state index in [0.29, 0.717) is 35.7 Å². The minimum absolute atomic E-state index is 0.0515. The minimum atomic E-state index is -0.191. The number of nitriles is 1. The molecule has 48 heavy (non-hydrogen) atoms. The van der Waals surface area contributed by atoms with Crippen LogP contribution >= 0.6 is 0 Å². The first-order valence-corrected chi connectivity index (χ1v) is 16.3. The molecule has 0 atom stereocenters. The highest BCUT2D eigenvalue weighted by molar-refractivity contribution is 5.91. The molecule has 2 aliphatic heterocycles. The van der Waals surface area contributed by atoms with E-state index in [1.54, 1.807) is 29.7 Å². The molecule has 0 radical (unpaired) electrons. The van der Waals surface area contributed by atoms with Crippen molar-refractivity contribution in [2.75, 3.05) is 48.5 Å². The number of amides is 2. The molecule has 13 nitrogen and oxygen atoms in total. The Bertz CT molecular complexity index is 1750. The number of hydrogen-bond donors (Lipinski definition) is 2. The van der Waals surface area contributed by atoms with E-state index in [1.165, 1.54) is 7.11 Å².